The summed E-state index contributed by atoms with van der Waals surface area (Å²) in [6, 6.07) is 31.9. The first-order valence-electron chi connectivity index (χ1n) is 16.9. The summed E-state index contributed by atoms with van der Waals surface area (Å²) in [5.74, 6) is -3.54. The molecule has 0 unspecified atom stereocenters. The lowest BCUT2D eigenvalue weighted by molar-refractivity contribution is -0.146. The van der Waals surface area contributed by atoms with E-state index in [0.29, 0.717) is 23.1 Å². The molecule has 0 N–H and O–H groups in total. The Morgan fingerprint density at radius 1 is 0.415 bits per heavy atom. The largest absolute Gasteiger partial charge is 0.463 e. The van der Waals surface area contributed by atoms with Gasteiger partial charge in [0, 0.05) is 0 Å². The van der Waals surface area contributed by atoms with Gasteiger partial charge < -0.3 is 28.4 Å². The molecule has 0 aliphatic carbocycles. The first-order valence-corrected chi connectivity index (χ1v) is 16.9. The van der Waals surface area contributed by atoms with Gasteiger partial charge in [0.1, 0.15) is 19.8 Å². The molecule has 12 heteroatoms. The average Bonchev–Trinajstić information content (AvgIpc) is 3.21. The van der Waals surface area contributed by atoms with Gasteiger partial charge in [-0.1, -0.05) is 73.7 Å². The quantitative estimate of drug-likeness (QED) is 0.0909. The second-order valence-electron chi connectivity index (χ2n) is 11.3. The summed E-state index contributed by atoms with van der Waals surface area (Å²) < 4.78 is 30.9. The first kappa shape index (κ1) is 41.1. The molecule has 4 aromatic rings. The van der Waals surface area contributed by atoms with Crippen LogP contribution in [0.1, 0.15) is 79.0 Å². The molecule has 0 aliphatic heterocycles. The van der Waals surface area contributed by atoms with Crippen LogP contribution in [0.2, 0.25) is 0 Å². The molecule has 0 aliphatic rings. The maximum atomic E-state index is 12.5. The Kier molecular flexibility index (Phi) is 16.9. The number of hydrogen-bond donors (Lipinski definition) is 0. The first-order chi connectivity index (χ1) is 25.6. The fourth-order valence-electron chi connectivity index (χ4n) is 4.51. The van der Waals surface area contributed by atoms with Crippen molar-refractivity contribution < 1.29 is 57.2 Å². The Labute approximate surface area is 307 Å². The van der Waals surface area contributed by atoms with Gasteiger partial charge in [-0.3, -0.25) is 0 Å². The molecule has 0 saturated carbocycles. The van der Waals surface area contributed by atoms with Crippen molar-refractivity contribution in [2.24, 2.45) is 5.41 Å². The van der Waals surface area contributed by atoms with E-state index in [2.05, 4.69) is 4.74 Å². The molecular weight excluding hydrogens is 684 g/mol. The van der Waals surface area contributed by atoms with E-state index >= 15 is 0 Å². The third-order valence-electron chi connectivity index (χ3n) is 7.58. The highest BCUT2D eigenvalue weighted by molar-refractivity contribution is 6.03. The number of esters is 6. The van der Waals surface area contributed by atoms with Gasteiger partial charge in [-0.15, -0.1) is 0 Å². The van der Waals surface area contributed by atoms with Gasteiger partial charge in [-0.2, -0.15) is 0 Å². The summed E-state index contributed by atoms with van der Waals surface area (Å²) in [6.45, 7) is 4.84. The number of ether oxygens (including phenoxy) is 6. The van der Waals surface area contributed by atoms with Crippen LogP contribution in [0.15, 0.2) is 115 Å². The van der Waals surface area contributed by atoms with Crippen molar-refractivity contribution in [1.82, 2.24) is 0 Å². The molecule has 53 heavy (non-hydrogen) atoms. The van der Waals surface area contributed by atoms with E-state index < -0.39 is 47.8 Å². The minimum Gasteiger partial charge on any atom is -0.463 e. The Bertz CT molecular complexity index is 1650. The third-order valence-corrected chi connectivity index (χ3v) is 7.58. The van der Waals surface area contributed by atoms with E-state index in [1.165, 1.54) is 12.1 Å². The molecule has 0 amide bonds. The van der Waals surface area contributed by atoms with E-state index in [9.17, 15) is 28.8 Å². The van der Waals surface area contributed by atoms with Crippen molar-refractivity contribution in [3.8, 4) is 0 Å². The predicted molar refractivity (Wildman–Crippen MR) is 192 cm³/mol. The van der Waals surface area contributed by atoms with Crippen LogP contribution in [0.4, 0.5) is 0 Å². The molecule has 0 bridgehead atoms. The topological polar surface area (TPSA) is 158 Å². The number of carbonyl (C=O) groups is 6. The number of rotatable bonds is 16. The average molecular weight is 727 g/mol. The van der Waals surface area contributed by atoms with E-state index in [4.69, 9.17) is 23.7 Å². The van der Waals surface area contributed by atoms with E-state index in [-0.39, 0.29) is 44.2 Å². The minimum absolute atomic E-state index is 0.0512. The Balaban J connectivity index is 0.000000324. The summed E-state index contributed by atoms with van der Waals surface area (Å²) in [4.78, 5) is 72.1. The van der Waals surface area contributed by atoms with Gasteiger partial charge in [0.2, 0.25) is 0 Å². The molecule has 0 atom stereocenters. The van der Waals surface area contributed by atoms with Gasteiger partial charge in [0.05, 0.1) is 46.4 Å². The van der Waals surface area contributed by atoms with E-state index in [1.807, 2.05) is 6.92 Å². The van der Waals surface area contributed by atoms with Gasteiger partial charge in [-0.05, 0) is 68.8 Å². The van der Waals surface area contributed by atoms with Crippen molar-refractivity contribution >= 4 is 35.8 Å². The molecule has 0 fully saturated rings. The summed E-state index contributed by atoms with van der Waals surface area (Å²) in [5.41, 5.74) is 0.470. The SMILES string of the molecule is CCC(COC(=O)c1ccccc1)(COC(=O)c1ccccc1)COC(=O)c1ccccc1.CCOC(=O)COC(=O)c1ccccc1C(=O)OCC. The highest BCUT2D eigenvalue weighted by Crippen LogP contribution is 2.26. The molecular formula is C41H42O12. The molecule has 12 nitrogen and oxygen atoms in total. The highest BCUT2D eigenvalue weighted by Gasteiger charge is 2.35. The lowest BCUT2D eigenvalue weighted by atomic mass is 9.88. The van der Waals surface area contributed by atoms with Gasteiger partial charge in [-0.25, -0.2) is 28.8 Å². The smallest absolute Gasteiger partial charge is 0.344 e. The number of hydrogen-bond acceptors (Lipinski definition) is 12. The van der Waals surface area contributed by atoms with Gasteiger partial charge in [0.25, 0.3) is 0 Å². The molecule has 278 valence electrons. The third kappa shape index (κ3) is 13.4. The van der Waals surface area contributed by atoms with Crippen LogP contribution < -0.4 is 0 Å². The zero-order chi connectivity index (χ0) is 38.5. The second-order valence-corrected chi connectivity index (χ2v) is 11.3. The second kappa shape index (κ2) is 21.8. The zero-order valence-corrected chi connectivity index (χ0v) is 29.8. The van der Waals surface area contributed by atoms with Gasteiger partial charge >= 0.3 is 35.8 Å². The number of carbonyl (C=O) groups excluding carboxylic acids is 6. The van der Waals surface area contributed by atoms with E-state index in [1.54, 1.807) is 117 Å². The molecule has 4 rings (SSSR count). The van der Waals surface area contributed by atoms with Crippen LogP contribution in [-0.2, 0) is 33.2 Å². The van der Waals surface area contributed by atoms with Crippen LogP contribution in [0.3, 0.4) is 0 Å². The summed E-state index contributed by atoms with van der Waals surface area (Å²) >= 11 is 0. The van der Waals surface area contributed by atoms with Crippen molar-refractivity contribution in [2.75, 3.05) is 39.6 Å². The molecule has 0 heterocycles. The minimum atomic E-state index is -0.903. The lowest BCUT2D eigenvalue weighted by Gasteiger charge is -2.31. The number of benzene rings is 4. The zero-order valence-electron chi connectivity index (χ0n) is 29.8. The van der Waals surface area contributed by atoms with Crippen LogP contribution in [0.5, 0.6) is 0 Å². The molecule has 0 radical (unpaired) electrons. The van der Waals surface area contributed by atoms with Crippen molar-refractivity contribution in [3.63, 3.8) is 0 Å². The summed E-state index contributed by atoms with van der Waals surface area (Å²) in [6.07, 6.45) is 0.444. The van der Waals surface area contributed by atoms with Crippen LogP contribution in [0.25, 0.3) is 0 Å². The van der Waals surface area contributed by atoms with E-state index in [0.717, 1.165) is 0 Å². The molecule has 4 aromatic carbocycles. The van der Waals surface area contributed by atoms with Crippen LogP contribution in [-0.4, -0.2) is 75.5 Å². The van der Waals surface area contributed by atoms with Crippen LogP contribution >= 0.6 is 0 Å². The molecule has 0 aromatic heterocycles. The highest BCUT2D eigenvalue weighted by atomic mass is 16.6. The maximum absolute atomic E-state index is 12.5. The Hall–Kier alpha value is -6.30. The molecule has 0 saturated heterocycles. The van der Waals surface area contributed by atoms with Crippen LogP contribution in [0, 0.1) is 5.41 Å². The lowest BCUT2D eigenvalue weighted by Crippen LogP contribution is -2.39. The fourth-order valence-corrected chi connectivity index (χ4v) is 4.51. The fraction of sp³-hybridized carbons (Fsp3) is 0.268. The van der Waals surface area contributed by atoms with Crippen molar-refractivity contribution in [3.05, 3.63) is 143 Å². The van der Waals surface area contributed by atoms with Crippen molar-refractivity contribution in [1.29, 1.82) is 0 Å². The predicted octanol–water partition coefficient (Wildman–Crippen LogP) is 6.54. The maximum Gasteiger partial charge on any atom is 0.344 e. The normalized spacial score (nSPS) is 10.4. The summed E-state index contributed by atoms with van der Waals surface area (Å²) in [5, 5.41) is 0. The Morgan fingerprint density at radius 3 is 1.09 bits per heavy atom. The van der Waals surface area contributed by atoms with Crippen molar-refractivity contribution in [2.45, 2.75) is 27.2 Å². The Morgan fingerprint density at radius 2 is 0.755 bits per heavy atom. The van der Waals surface area contributed by atoms with Gasteiger partial charge in [0.15, 0.2) is 6.61 Å². The monoisotopic (exact) mass is 726 g/mol. The molecule has 0 spiro atoms. The standard InChI is InChI=1S/C27H26O6.C14H16O6/c1-2-27(18-31-24(28)21-12-6-3-7-13-21,19-32-25(29)22-14-8-4-9-15-22)20-33-26(30)23-16-10-5-11-17-23;1-3-18-12(15)9-20-14(17)11-8-6-5-7-10(11)13(16)19-4-2/h3-17H,2,18-20H2,1H3;5-8H,3-4,9H2,1-2H3. The summed E-state index contributed by atoms with van der Waals surface area (Å²) in [7, 11) is 0.